The summed E-state index contributed by atoms with van der Waals surface area (Å²) in [5.74, 6) is -0.186. The molecule has 0 saturated carbocycles. The molecule has 1 saturated heterocycles. The zero-order valence-corrected chi connectivity index (χ0v) is 11.5. The first kappa shape index (κ1) is 15.3. The van der Waals surface area contributed by atoms with Gasteiger partial charge >= 0.3 is 5.91 Å². The van der Waals surface area contributed by atoms with Crippen molar-refractivity contribution < 1.29 is 22.2 Å². The summed E-state index contributed by atoms with van der Waals surface area (Å²) in [4.78, 5) is 13.8. The lowest BCUT2D eigenvalue weighted by Gasteiger charge is -2.39. The van der Waals surface area contributed by atoms with E-state index < -0.39 is 10.1 Å². The second kappa shape index (κ2) is 5.92. The van der Waals surface area contributed by atoms with Crippen molar-refractivity contribution in [2.75, 3.05) is 45.5 Å². The Kier molecular flexibility index (Phi) is 5.03. The van der Waals surface area contributed by atoms with Crippen molar-refractivity contribution in [1.82, 2.24) is 4.90 Å². The third-order valence-electron chi connectivity index (χ3n) is 3.40. The van der Waals surface area contributed by atoms with Crippen molar-refractivity contribution in [3.63, 3.8) is 0 Å². The Morgan fingerprint density at radius 2 is 2.00 bits per heavy atom. The van der Waals surface area contributed by atoms with Crippen molar-refractivity contribution in [3.8, 4) is 0 Å². The first-order valence-corrected chi connectivity index (χ1v) is 7.57. The average Bonchev–Trinajstić information content (AvgIpc) is 2.29. The summed E-state index contributed by atoms with van der Waals surface area (Å²) < 4.78 is 30.2. The Labute approximate surface area is 108 Å². The fourth-order valence-corrected chi connectivity index (χ4v) is 2.58. The van der Waals surface area contributed by atoms with E-state index in [4.69, 9.17) is 4.55 Å². The zero-order chi connectivity index (χ0) is 13.8. The fraction of sp³-hybridized carbons (Fsp3) is 0.727. The third kappa shape index (κ3) is 4.49. The van der Waals surface area contributed by atoms with Crippen LogP contribution < -0.4 is 0 Å². The normalized spacial score (nSPS) is 20.6. The number of carbonyl (C=O) groups is 1. The van der Waals surface area contributed by atoms with E-state index in [1.165, 1.54) is 6.08 Å². The zero-order valence-electron chi connectivity index (χ0n) is 10.7. The van der Waals surface area contributed by atoms with E-state index in [0.29, 0.717) is 30.5 Å². The first-order valence-electron chi connectivity index (χ1n) is 5.96. The smallest absolute Gasteiger partial charge is 0.292 e. The molecule has 0 aromatic rings. The van der Waals surface area contributed by atoms with Gasteiger partial charge in [-0.15, -0.1) is 0 Å². The lowest BCUT2D eigenvalue weighted by Crippen LogP contribution is -2.59. The monoisotopic (exact) mass is 277 g/mol. The van der Waals surface area contributed by atoms with E-state index >= 15 is 0 Å². The van der Waals surface area contributed by atoms with Crippen LogP contribution in [0.25, 0.3) is 0 Å². The van der Waals surface area contributed by atoms with E-state index in [-0.39, 0.29) is 11.7 Å². The van der Waals surface area contributed by atoms with E-state index in [0.717, 1.165) is 13.1 Å². The minimum absolute atomic E-state index is 0.0209. The largest absolute Gasteiger partial charge is 0.337 e. The van der Waals surface area contributed by atoms with E-state index in [9.17, 15) is 13.2 Å². The molecule has 7 heteroatoms. The van der Waals surface area contributed by atoms with Crippen molar-refractivity contribution in [2.45, 2.75) is 6.42 Å². The van der Waals surface area contributed by atoms with Crippen LogP contribution in [0.15, 0.2) is 12.7 Å². The molecule has 1 heterocycles. The Bertz CT molecular complexity index is 411. The van der Waals surface area contributed by atoms with Crippen LogP contribution >= 0.6 is 0 Å². The number of likely N-dealkylation sites (N-methyl/N-ethyl adjacent to an activating group) is 1. The molecule has 1 amide bonds. The Balaban J connectivity index is 2.36. The molecule has 1 fully saturated rings. The van der Waals surface area contributed by atoms with Crippen molar-refractivity contribution in [3.05, 3.63) is 12.7 Å². The summed E-state index contributed by atoms with van der Waals surface area (Å²) in [6.07, 6.45) is 1.77. The number of hydrogen-bond acceptors (Lipinski definition) is 4. The Hall–Kier alpha value is -0.760. The van der Waals surface area contributed by atoms with Gasteiger partial charge in [0, 0.05) is 19.2 Å². The van der Waals surface area contributed by atoms with E-state index in [1.807, 2.05) is 7.05 Å². The summed E-state index contributed by atoms with van der Waals surface area (Å²) in [5.41, 5.74) is 0. The van der Waals surface area contributed by atoms with Crippen molar-refractivity contribution in [1.29, 1.82) is 0 Å². The Morgan fingerprint density at radius 3 is 2.44 bits per heavy atom. The molecular formula is C11H21N2O4S+. The maximum absolute atomic E-state index is 11.7. The van der Waals surface area contributed by atoms with Crippen LogP contribution in [-0.2, 0) is 14.9 Å². The van der Waals surface area contributed by atoms with Crippen LogP contribution in [-0.4, -0.2) is 73.8 Å². The third-order valence-corrected chi connectivity index (χ3v) is 4.21. The molecule has 0 aromatic heterocycles. The van der Waals surface area contributed by atoms with Gasteiger partial charge < -0.3 is 0 Å². The Morgan fingerprint density at radius 1 is 1.44 bits per heavy atom. The molecule has 1 aliphatic heterocycles. The summed E-state index contributed by atoms with van der Waals surface area (Å²) in [6, 6.07) is 0. The van der Waals surface area contributed by atoms with Crippen molar-refractivity contribution in [2.24, 2.45) is 0 Å². The number of rotatable bonds is 5. The molecule has 0 bridgehead atoms. The molecule has 0 unspecified atom stereocenters. The maximum atomic E-state index is 11.7. The molecule has 0 aliphatic carbocycles. The fourth-order valence-electron chi connectivity index (χ4n) is 2.08. The summed E-state index contributed by atoms with van der Waals surface area (Å²) >= 11 is 0. The summed E-state index contributed by atoms with van der Waals surface area (Å²) in [7, 11) is -1.97. The van der Waals surface area contributed by atoms with Gasteiger partial charge in [-0.1, -0.05) is 6.58 Å². The SMILES string of the molecule is C=CC(=O)[N+]1(C)CCN(CCCS(=O)(=O)O)CC1. The van der Waals surface area contributed by atoms with Gasteiger partial charge in [-0.2, -0.15) is 8.42 Å². The van der Waals surface area contributed by atoms with Gasteiger partial charge in [-0.3, -0.25) is 13.9 Å². The second-order valence-corrected chi connectivity index (χ2v) is 6.44. The number of nitrogens with zero attached hydrogens (tertiary/aromatic N) is 2. The topological polar surface area (TPSA) is 74.7 Å². The van der Waals surface area contributed by atoms with Gasteiger partial charge in [0.1, 0.15) is 0 Å². The predicted molar refractivity (Wildman–Crippen MR) is 68.6 cm³/mol. The first-order chi connectivity index (χ1) is 8.27. The van der Waals surface area contributed by atoms with Crippen LogP contribution in [0.2, 0.25) is 0 Å². The standard InChI is InChI=1S/C11H20N2O4S/c1-3-11(14)13(2)8-6-12(7-9-13)5-4-10-18(15,16)17/h3H,1,4-10H2,2H3/p+1. The average molecular weight is 277 g/mol. The molecule has 6 nitrogen and oxygen atoms in total. The van der Waals surface area contributed by atoms with Crippen LogP contribution in [0.3, 0.4) is 0 Å². The van der Waals surface area contributed by atoms with E-state index in [1.54, 1.807) is 0 Å². The molecule has 1 rings (SSSR count). The summed E-state index contributed by atoms with van der Waals surface area (Å²) in [5, 5.41) is 0. The molecule has 1 N–H and O–H groups in total. The molecular weight excluding hydrogens is 256 g/mol. The van der Waals surface area contributed by atoms with Gasteiger partial charge in [0.05, 0.1) is 25.9 Å². The molecule has 18 heavy (non-hydrogen) atoms. The van der Waals surface area contributed by atoms with Gasteiger partial charge in [-0.25, -0.2) is 4.79 Å². The minimum Gasteiger partial charge on any atom is -0.292 e. The van der Waals surface area contributed by atoms with Crippen LogP contribution in [0.4, 0.5) is 0 Å². The molecule has 0 atom stereocenters. The lowest BCUT2D eigenvalue weighted by atomic mass is 10.2. The molecule has 0 spiro atoms. The second-order valence-electron chi connectivity index (χ2n) is 4.87. The van der Waals surface area contributed by atoms with Crippen LogP contribution in [0.1, 0.15) is 6.42 Å². The van der Waals surface area contributed by atoms with Gasteiger partial charge in [0.2, 0.25) is 0 Å². The number of carbonyl (C=O) groups excluding carboxylic acids is 1. The molecule has 0 aromatic carbocycles. The quantitative estimate of drug-likeness (QED) is 0.426. The number of amides is 1. The number of quaternary nitrogens is 1. The van der Waals surface area contributed by atoms with Gasteiger partial charge in [0.15, 0.2) is 0 Å². The molecule has 104 valence electrons. The predicted octanol–water partition coefficient (Wildman–Crippen LogP) is -0.261. The van der Waals surface area contributed by atoms with Gasteiger partial charge in [-0.05, 0) is 13.0 Å². The molecule has 1 aliphatic rings. The number of hydrogen-bond donors (Lipinski definition) is 1. The van der Waals surface area contributed by atoms with Crippen LogP contribution in [0, 0.1) is 0 Å². The lowest BCUT2D eigenvalue weighted by molar-refractivity contribution is -0.837. The molecule has 0 radical (unpaired) electrons. The van der Waals surface area contributed by atoms with Crippen LogP contribution in [0.5, 0.6) is 0 Å². The van der Waals surface area contributed by atoms with Gasteiger partial charge in [0.25, 0.3) is 10.1 Å². The maximum Gasteiger partial charge on any atom is 0.337 e. The highest BCUT2D eigenvalue weighted by molar-refractivity contribution is 7.85. The van der Waals surface area contributed by atoms with E-state index in [2.05, 4.69) is 11.5 Å². The highest BCUT2D eigenvalue weighted by Crippen LogP contribution is 2.11. The van der Waals surface area contributed by atoms with Crippen molar-refractivity contribution >= 4 is 16.0 Å². The number of piperazine rings is 1. The highest BCUT2D eigenvalue weighted by Gasteiger charge is 2.33. The minimum atomic E-state index is -3.86. The summed E-state index contributed by atoms with van der Waals surface area (Å²) in [6.45, 7) is 7.04. The highest BCUT2D eigenvalue weighted by atomic mass is 32.2.